The summed E-state index contributed by atoms with van der Waals surface area (Å²) in [6, 6.07) is 14.0. The third-order valence-electron chi connectivity index (χ3n) is 10.3. The Morgan fingerprint density at radius 2 is 1.94 bits per heavy atom. The summed E-state index contributed by atoms with van der Waals surface area (Å²) in [6.45, 7) is 4.78. The number of rotatable bonds is 1. The molecule has 3 aliphatic rings. The van der Waals surface area contributed by atoms with Crippen LogP contribution in [0.1, 0.15) is 73.0 Å². The van der Waals surface area contributed by atoms with E-state index in [0.717, 1.165) is 36.8 Å². The lowest BCUT2D eigenvalue weighted by molar-refractivity contribution is -0.0524. The first-order valence-electron chi connectivity index (χ1n) is 16.3. The maximum atomic E-state index is 15.2. The van der Waals surface area contributed by atoms with E-state index in [0.29, 0.717) is 49.0 Å². The number of nitrogens with one attached hydrogen (secondary N) is 1. The van der Waals surface area contributed by atoms with Crippen LogP contribution < -0.4 is 14.4 Å². The molecule has 0 unspecified atom stereocenters. The summed E-state index contributed by atoms with van der Waals surface area (Å²) in [4.78, 5) is 19.5. The predicted octanol–water partition coefficient (Wildman–Crippen LogP) is 6.55. The summed E-state index contributed by atoms with van der Waals surface area (Å²) in [7, 11) is -4.05. The molecule has 2 N–H and O–H groups in total. The van der Waals surface area contributed by atoms with Crippen LogP contribution in [0.15, 0.2) is 66.9 Å². The summed E-state index contributed by atoms with van der Waals surface area (Å²) in [6.07, 6.45) is 9.04. The van der Waals surface area contributed by atoms with E-state index in [-0.39, 0.29) is 23.0 Å². The number of amides is 1. The third kappa shape index (κ3) is 6.91. The maximum Gasteiger partial charge on any atom is 0.264 e. The van der Waals surface area contributed by atoms with Gasteiger partial charge in [0, 0.05) is 41.4 Å². The predicted molar refractivity (Wildman–Crippen MR) is 180 cm³/mol. The molecule has 11 heteroatoms. The molecular formula is C36H41ClFN3O5S. The van der Waals surface area contributed by atoms with Crippen LogP contribution in [0.3, 0.4) is 0 Å². The molecule has 2 bridgehead atoms. The van der Waals surface area contributed by atoms with E-state index < -0.39 is 38.6 Å². The molecule has 0 radical (unpaired) electrons. The Labute approximate surface area is 281 Å². The van der Waals surface area contributed by atoms with Gasteiger partial charge >= 0.3 is 0 Å². The van der Waals surface area contributed by atoms with E-state index in [1.54, 1.807) is 56.3 Å². The zero-order valence-corrected chi connectivity index (χ0v) is 28.2. The van der Waals surface area contributed by atoms with E-state index >= 15 is 4.39 Å². The second kappa shape index (κ2) is 13.6. The number of fused-ring (bicyclic) bond motifs is 3. The lowest BCUT2D eigenvalue weighted by Gasteiger charge is -2.48. The zero-order valence-electron chi connectivity index (χ0n) is 26.7. The molecule has 1 aromatic heterocycles. The van der Waals surface area contributed by atoms with Crippen LogP contribution in [0.4, 0.5) is 10.1 Å². The Bertz CT molecular complexity index is 1790. The number of allylic oxidation sites excluding steroid dienone is 1. The monoisotopic (exact) mass is 681 g/mol. The second-order valence-electron chi connectivity index (χ2n) is 13.2. The van der Waals surface area contributed by atoms with Crippen molar-refractivity contribution >= 4 is 33.2 Å². The van der Waals surface area contributed by atoms with Gasteiger partial charge in [-0.15, -0.1) is 0 Å². The average Bonchev–Trinajstić information content (AvgIpc) is 3.05. The Morgan fingerprint density at radius 3 is 2.70 bits per heavy atom. The number of nitrogens with zero attached hydrogens (tertiary/aromatic N) is 2. The number of carbonyl (C=O) groups is 1. The van der Waals surface area contributed by atoms with Gasteiger partial charge in [-0.3, -0.25) is 4.79 Å². The number of hydrogen-bond acceptors (Lipinski definition) is 7. The van der Waals surface area contributed by atoms with Gasteiger partial charge in [0.2, 0.25) is 16.0 Å². The van der Waals surface area contributed by atoms with Crippen molar-refractivity contribution in [3.63, 3.8) is 0 Å². The molecule has 0 spiro atoms. The Hall–Kier alpha value is -3.47. The smallest absolute Gasteiger partial charge is 0.264 e. The normalized spacial score (nSPS) is 28.7. The largest absolute Gasteiger partial charge is 0.487 e. The molecule has 5 atom stereocenters. The standard InChI is InChI=1S/C36H41ClFN3O5S/c1-23-7-5-16-36(43,31-9-6-17-39-34(31)38)30-14-11-27(30)21-41-18-4-3-8-25-19-29(37)13-10-28(25)22-46-33-15-12-26(20-32(33)41)35(42)40-47(44,45)24(23)2/h5-6,9-10,12-13,15-17,19-20,23-24,27,30,43H,3-4,7-8,11,14,18,21-22H2,1-2H3,(H,40,42)/b16-5+/t23-,24+,27-,30+,36+/m0/s1. The highest BCUT2D eigenvalue weighted by Crippen LogP contribution is 2.49. The summed E-state index contributed by atoms with van der Waals surface area (Å²) in [5.41, 5.74) is 1.47. The fraction of sp³-hybridized carbons (Fsp3) is 0.444. The van der Waals surface area contributed by atoms with Crippen LogP contribution in [-0.2, 0) is 28.7 Å². The van der Waals surface area contributed by atoms with Gasteiger partial charge in [0.1, 0.15) is 18.0 Å². The van der Waals surface area contributed by atoms with Gasteiger partial charge in [-0.05, 0) is 111 Å². The topological polar surface area (TPSA) is 109 Å². The molecule has 1 aliphatic carbocycles. The van der Waals surface area contributed by atoms with Crippen molar-refractivity contribution in [3.05, 3.63) is 100 Å². The number of benzene rings is 2. The number of hydrogen-bond donors (Lipinski definition) is 2. The molecule has 1 fully saturated rings. The lowest BCUT2D eigenvalue weighted by Crippen LogP contribution is -2.49. The first-order valence-corrected chi connectivity index (χ1v) is 18.2. The van der Waals surface area contributed by atoms with Gasteiger partial charge in [0.15, 0.2) is 0 Å². The van der Waals surface area contributed by atoms with Crippen LogP contribution in [0.2, 0.25) is 5.02 Å². The quantitative estimate of drug-likeness (QED) is 0.221. The second-order valence-corrected chi connectivity index (χ2v) is 15.7. The van der Waals surface area contributed by atoms with Gasteiger partial charge in [0.25, 0.3) is 5.91 Å². The van der Waals surface area contributed by atoms with Crippen molar-refractivity contribution < 1.29 is 27.4 Å². The van der Waals surface area contributed by atoms with Crippen LogP contribution in [0, 0.1) is 23.7 Å². The number of carbonyl (C=O) groups excluding carboxylic acids is 1. The molecule has 47 heavy (non-hydrogen) atoms. The van der Waals surface area contributed by atoms with E-state index in [4.69, 9.17) is 16.3 Å². The van der Waals surface area contributed by atoms with Crippen molar-refractivity contribution in [2.45, 2.75) is 69.8 Å². The molecule has 2 aromatic carbocycles. The highest BCUT2D eigenvalue weighted by molar-refractivity contribution is 7.90. The third-order valence-corrected chi connectivity index (χ3v) is 12.4. The molecule has 2 aliphatic heterocycles. The fourth-order valence-corrected chi connectivity index (χ4v) is 8.55. The number of sulfonamides is 1. The number of aryl methyl sites for hydroxylation is 1. The Balaban J connectivity index is 1.44. The van der Waals surface area contributed by atoms with E-state index in [2.05, 4.69) is 14.6 Å². The van der Waals surface area contributed by atoms with Crippen molar-refractivity contribution in [1.29, 1.82) is 0 Å². The number of anilines is 1. The highest BCUT2D eigenvalue weighted by atomic mass is 35.5. The average molecular weight is 682 g/mol. The van der Waals surface area contributed by atoms with Crippen LogP contribution >= 0.6 is 11.6 Å². The number of halogens is 2. The SMILES string of the molecule is C[C@@H]1[C@@H](C)C/C=C/[C@](O)(c2cccnc2F)[C@@H]2CC[C@H]2CN2CCCCc3cc(Cl)ccc3COc3ccc(cc32)C(=O)NS1(=O)=O. The first-order chi connectivity index (χ1) is 22.5. The highest BCUT2D eigenvalue weighted by Gasteiger charge is 2.48. The molecular weight excluding hydrogens is 641 g/mol. The van der Waals surface area contributed by atoms with Gasteiger partial charge in [-0.25, -0.2) is 18.1 Å². The Morgan fingerprint density at radius 1 is 1.11 bits per heavy atom. The number of ether oxygens (including phenoxy) is 1. The maximum absolute atomic E-state index is 15.2. The van der Waals surface area contributed by atoms with Gasteiger partial charge in [0.05, 0.1) is 10.9 Å². The number of aromatic nitrogens is 1. The minimum absolute atomic E-state index is 0.0136. The van der Waals surface area contributed by atoms with Crippen molar-refractivity contribution in [3.8, 4) is 5.75 Å². The Kier molecular flexibility index (Phi) is 9.65. The molecule has 250 valence electrons. The molecule has 6 rings (SSSR count). The summed E-state index contributed by atoms with van der Waals surface area (Å²) in [5, 5.41) is 12.1. The molecule has 3 aromatic rings. The summed E-state index contributed by atoms with van der Waals surface area (Å²) < 4.78 is 50.7. The minimum Gasteiger partial charge on any atom is -0.487 e. The van der Waals surface area contributed by atoms with Crippen molar-refractivity contribution in [2.75, 3.05) is 18.0 Å². The van der Waals surface area contributed by atoms with Crippen molar-refractivity contribution in [2.24, 2.45) is 17.8 Å². The lowest BCUT2D eigenvalue weighted by atomic mass is 9.62. The van der Waals surface area contributed by atoms with Gasteiger partial charge in [-0.1, -0.05) is 36.7 Å². The van der Waals surface area contributed by atoms with Gasteiger partial charge in [-0.2, -0.15) is 4.39 Å². The van der Waals surface area contributed by atoms with Crippen molar-refractivity contribution in [1.82, 2.24) is 9.71 Å². The summed E-state index contributed by atoms with van der Waals surface area (Å²) in [5.74, 6) is -1.61. The molecule has 1 amide bonds. The molecule has 0 saturated heterocycles. The first kappa shape index (κ1) is 33.4. The summed E-state index contributed by atoms with van der Waals surface area (Å²) >= 11 is 6.33. The fourth-order valence-electron chi connectivity index (χ4n) is 7.07. The number of pyridine rings is 1. The minimum atomic E-state index is -4.05. The van der Waals surface area contributed by atoms with Crippen LogP contribution in [0.5, 0.6) is 5.75 Å². The van der Waals surface area contributed by atoms with E-state index in [9.17, 15) is 18.3 Å². The molecule has 8 nitrogen and oxygen atoms in total. The zero-order chi connectivity index (χ0) is 33.3. The van der Waals surface area contributed by atoms with E-state index in [1.165, 1.54) is 6.20 Å². The van der Waals surface area contributed by atoms with Crippen LogP contribution in [0.25, 0.3) is 0 Å². The number of aliphatic hydroxyl groups is 1. The molecule has 1 saturated carbocycles. The van der Waals surface area contributed by atoms with Crippen LogP contribution in [-0.4, -0.2) is 42.8 Å². The van der Waals surface area contributed by atoms with E-state index in [1.807, 2.05) is 18.2 Å². The molecule has 3 heterocycles. The van der Waals surface area contributed by atoms with Gasteiger partial charge < -0.3 is 14.7 Å².